The first-order chi connectivity index (χ1) is 41.6. The van der Waals surface area contributed by atoms with Crippen molar-refractivity contribution in [2.24, 2.45) is 4.99 Å². The predicted molar refractivity (Wildman–Crippen MR) is 317 cm³/mol. The van der Waals surface area contributed by atoms with Crippen LogP contribution < -0.4 is 25.3 Å². The van der Waals surface area contributed by atoms with Crippen molar-refractivity contribution in [1.29, 1.82) is 5.26 Å². The van der Waals surface area contributed by atoms with E-state index in [9.17, 15) is 24.0 Å². The van der Waals surface area contributed by atoms with Gasteiger partial charge in [-0.25, -0.2) is 14.2 Å². The molecule has 6 aromatic rings. The van der Waals surface area contributed by atoms with Crippen LogP contribution in [0.25, 0.3) is 11.1 Å². The Kier molecular flexibility index (Phi) is 21.1. The number of amidine groups is 1. The standard InChI is InChI=1S/C61H66Cl2FN11O11/c1-38(2)85-51-33-45(80-4)14-16-46(51)59-69-56(39-5-9-42(62)10-6-39)57(40-7-11-43(63)12-8-40)75(59)61(79)73-21-20-72(54(77)37-73)22-24-82-26-28-84-30-29-83-27-25-81-23-17-53(76)67-18-19-74-49-36-71(3)60(78)47-15-13-44(64)32-50(47)86-52-31-41(35-68-58(52)66)55(49)48(34-65)70-74/h5-16,31-33,35,38,56-57H,17-30,36-37H2,1-4H3,(H2,66,68)(H,67,76)/t56-,57+/m1/s1. The van der Waals surface area contributed by atoms with Crippen LogP contribution in [-0.2, 0) is 41.6 Å². The number of aromatic nitrogens is 3. The average Bonchev–Trinajstić information content (AvgIpc) is 1.69. The summed E-state index contributed by atoms with van der Waals surface area (Å²) >= 11 is 12.7. The number of ether oxygens (including phenoxy) is 7. The Morgan fingerprint density at radius 2 is 1.49 bits per heavy atom. The molecule has 1 fully saturated rings. The van der Waals surface area contributed by atoms with Crippen LogP contribution in [0.1, 0.15) is 70.8 Å². The largest absolute Gasteiger partial charge is 0.497 e. The molecule has 4 aromatic carbocycles. The normalized spacial score (nSPS) is 15.8. The number of hydrogen-bond acceptors (Lipinski definition) is 16. The number of nitrogens with two attached hydrogens (primary N) is 1. The number of methoxy groups -OCH3 is 1. The molecule has 3 aliphatic heterocycles. The van der Waals surface area contributed by atoms with Gasteiger partial charge in [0.2, 0.25) is 11.8 Å². The molecule has 0 aliphatic carbocycles. The number of halogens is 3. The molecule has 3 aliphatic rings. The van der Waals surface area contributed by atoms with E-state index >= 15 is 4.79 Å². The minimum atomic E-state index is -0.628. The number of urea groups is 1. The molecule has 0 unspecified atom stereocenters. The molecule has 9 rings (SSSR count). The number of aliphatic imine (C=N–C) groups is 1. The number of benzene rings is 4. The van der Waals surface area contributed by atoms with Crippen LogP contribution in [0.4, 0.5) is 15.0 Å². The molecular formula is C61H66Cl2FN11O11. The fourth-order valence-electron chi connectivity index (χ4n) is 10.0. The zero-order valence-corrected chi connectivity index (χ0v) is 49.5. The second kappa shape index (κ2) is 29.1. The van der Waals surface area contributed by atoms with Gasteiger partial charge in [-0.15, -0.1) is 0 Å². The second-order valence-corrected chi connectivity index (χ2v) is 21.4. The molecular weight excluding hydrogens is 1150 g/mol. The second-order valence-electron chi connectivity index (χ2n) is 20.5. The Labute approximate surface area is 507 Å². The van der Waals surface area contributed by atoms with Crippen LogP contribution in [0.15, 0.2) is 102 Å². The number of anilines is 1. The summed E-state index contributed by atoms with van der Waals surface area (Å²) in [7, 11) is 3.14. The number of carbonyl (C=O) groups is 4. The summed E-state index contributed by atoms with van der Waals surface area (Å²) < 4.78 is 56.3. The molecule has 5 amide bonds. The average molecular weight is 1220 g/mol. The first-order valence-electron chi connectivity index (χ1n) is 28.0. The van der Waals surface area contributed by atoms with Crippen LogP contribution in [0.2, 0.25) is 10.0 Å². The maximum Gasteiger partial charge on any atom is 0.326 e. The monoisotopic (exact) mass is 1220 g/mol. The van der Waals surface area contributed by atoms with Gasteiger partial charge in [-0.3, -0.25) is 29.0 Å². The summed E-state index contributed by atoms with van der Waals surface area (Å²) in [5, 5.41) is 18.6. The number of fused-ring (bicyclic) bond motifs is 5. The number of nitriles is 1. The van der Waals surface area contributed by atoms with Gasteiger partial charge in [-0.2, -0.15) is 10.4 Å². The maximum atomic E-state index is 15.1. The van der Waals surface area contributed by atoms with E-state index in [-0.39, 0.29) is 118 Å². The van der Waals surface area contributed by atoms with Crippen molar-refractivity contribution in [2.75, 3.05) is 105 Å². The van der Waals surface area contributed by atoms with Gasteiger partial charge in [-0.05, 0) is 79.6 Å². The summed E-state index contributed by atoms with van der Waals surface area (Å²) in [6.07, 6.45) is 1.34. The smallest absolute Gasteiger partial charge is 0.326 e. The summed E-state index contributed by atoms with van der Waals surface area (Å²) in [5.41, 5.74) is 9.84. The SMILES string of the molecule is COc1ccc(C2=N[C@H](c3ccc(Cl)cc3)[C@H](c3ccc(Cl)cc3)N2C(=O)N2CCN(CCOCCOCCOCCOCCC(=O)NCCn3nc(C#N)c4c3CN(C)C(=O)c3ccc(F)cc3Oc3cc-4cnc3N)C(=O)C2)c(OC(C)C)c1. The van der Waals surface area contributed by atoms with Crippen LogP contribution in [0.5, 0.6) is 23.0 Å². The predicted octanol–water partition coefficient (Wildman–Crippen LogP) is 8.10. The Bertz CT molecular complexity index is 3470. The molecule has 2 atom stereocenters. The topological polar surface area (TPSA) is 251 Å². The van der Waals surface area contributed by atoms with Crippen molar-refractivity contribution in [2.45, 2.75) is 51.5 Å². The Balaban J connectivity index is 0.674. The van der Waals surface area contributed by atoms with Crippen molar-refractivity contribution in [3.8, 4) is 40.2 Å². The van der Waals surface area contributed by atoms with Crippen molar-refractivity contribution < 1.29 is 56.7 Å². The summed E-state index contributed by atoms with van der Waals surface area (Å²) in [5.74, 6) is -0.105. The molecule has 0 radical (unpaired) electrons. The van der Waals surface area contributed by atoms with E-state index < -0.39 is 23.8 Å². The number of nitrogens with zero attached hydrogens (tertiary/aromatic N) is 9. The molecule has 2 aromatic heterocycles. The Morgan fingerprint density at radius 1 is 0.826 bits per heavy atom. The fourth-order valence-corrected chi connectivity index (χ4v) is 10.3. The van der Waals surface area contributed by atoms with Crippen LogP contribution in [0.3, 0.4) is 0 Å². The highest BCUT2D eigenvalue weighted by atomic mass is 35.5. The first kappa shape index (κ1) is 62.2. The van der Waals surface area contributed by atoms with Crippen molar-refractivity contribution in [3.63, 3.8) is 0 Å². The lowest BCUT2D eigenvalue weighted by Gasteiger charge is -2.38. The van der Waals surface area contributed by atoms with Crippen molar-refractivity contribution >= 4 is 58.6 Å². The number of piperazine rings is 1. The quantitative estimate of drug-likeness (QED) is 0.0543. The minimum absolute atomic E-state index is 0.00459. The van der Waals surface area contributed by atoms with E-state index in [0.717, 1.165) is 23.3 Å². The van der Waals surface area contributed by atoms with Gasteiger partial charge in [0, 0.05) is 79.1 Å². The van der Waals surface area contributed by atoms with Gasteiger partial charge in [0.05, 0.1) is 102 Å². The number of pyridine rings is 1. The molecule has 22 nitrogen and oxygen atoms in total. The number of nitrogens with one attached hydrogen (secondary N) is 1. The number of rotatable bonds is 24. The van der Waals surface area contributed by atoms with Gasteiger partial charge < -0.3 is 58.9 Å². The molecule has 0 saturated carbocycles. The van der Waals surface area contributed by atoms with Gasteiger partial charge in [0.1, 0.15) is 47.6 Å². The molecule has 3 N–H and O–H groups in total. The zero-order chi connectivity index (χ0) is 60.9. The zero-order valence-electron chi connectivity index (χ0n) is 48.0. The summed E-state index contributed by atoms with van der Waals surface area (Å²) in [6, 6.07) is 25.8. The van der Waals surface area contributed by atoms with Gasteiger partial charge >= 0.3 is 6.03 Å². The van der Waals surface area contributed by atoms with E-state index in [1.54, 1.807) is 76.0 Å². The van der Waals surface area contributed by atoms with Crippen molar-refractivity contribution in [1.82, 2.24) is 39.7 Å². The van der Waals surface area contributed by atoms with Crippen LogP contribution >= 0.6 is 23.2 Å². The maximum absolute atomic E-state index is 15.1. The number of amides is 5. The highest BCUT2D eigenvalue weighted by molar-refractivity contribution is 6.30. The molecule has 452 valence electrons. The van der Waals surface area contributed by atoms with Crippen molar-refractivity contribution in [3.05, 3.63) is 147 Å². The van der Waals surface area contributed by atoms with E-state index in [1.165, 1.54) is 17.2 Å². The Hall–Kier alpha value is -8.37. The fraction of sp³-hybridized carbons (Fsp3) is 0.377. The lowest BCUT2D eigenvalue weighted by molar-refractivity contribution is -0.135. The van der Waals surface area contributed by atoms with Gasteiger partial charge in [0.15, 0.2) is 17.3 Å². The lowest BCUT2D eigenvalue weighted by atomic mass is 9.93. The van der Waals surface area contributed by atoms with E-state index in [2.05, 4.69) is 21.5 Å². The highest BCUT2D eigenvalue weighted by Gasteiger charge is 2.46. The minimum Gasteiger partial charge on any atom is -0.497 e. The summed E-state index contributed by atoms with van der Waals surface area (Å²) in [6.45, 7) is 7.12. The van der Waals surface area contributed by atoms with Crippen LogP contribution in [-0.4, -0.2) is 170 Å². The lowest BCUT2D eigenvalue weighted by Crippen LogP contribution is -2.56. The van der Waals surface area contributed by atoms with E-state index in [1.807, 2.05) is 44.2 Å². The molecule has 25 heteroatoms. The third-order valence-corrected chi connectivity index (χ3v) is 14.8. The summed E-state index contributed by atoms with van der Waals surface area (Å²) in [4.78, 5) is 71.0. The molecule has 2 bridgehead atoms. The van der Waals surface area contributed by atoms with Gasteiger partial charge in [-0.1, -0.05) is 47.5 Å². The number of nitrogen functional groups attached to an aromatic ring is 1. The van der Waals surface area contributed by atoms with Crippen LogP contribution in [0, 0.1) is 17.1 Å². The molecule has 0 spiro atoms. The van der Waals surface area contributed by atoms with Gasteiger partial charge in [0.25, 0.3) is 5.91 Å². The third-order valence-electron chi connectivity index (χ3n) is 14.3. The number of carbonyl (C=O) groups excluding carboxylic acids is 4. The first-order valence-corrected chi connectivity index (χ1v) is 28.7. The highest BCUT2D eigenvalue weighted by Crippen LogP contribution is 2.46. The van der Waals surface area contributed by atoms with E-state index in [0.29, 0.717) is 89.3 Å². The molecule has 1 saturated heterocycles. The van der Waals surface area contributed by atoms with E-state index in [4.69, 9.17) is 67.1 Å². The molecule has 5 heterocycles. The number of hydrogen-bond donors (Lipinski definition) is 2. The Morgan fingerprint density at radius 3 is 2.15 bits per heavy atom. The third kappa shape index (κ3) is 15.2. The molecule has 86 heavy (non-hydrogen) atoms.